The number of carbonyl (C=O) groups is 1. The SMILES string of the molecule is CCN(CC)c1ccc(Nc2ccc(C(=O)N3CCOCC3)nn2)c(C)c1. The molecule has 7 heteroatoms. The molecule has 0 atom stereocenters. The second kappa shape index (κ2) is 8.81. The van der Waals surface area contributed by atoms with Gasteiger partial charge in [-0.15, -0.1) is 10.2 Å². The molecule has 2 aromatic rings. The maximum Gasteiger partial charge on any atom is 0.274 e. The summed E-state index contributed by atoms with van der Waals surface area (Å²) in [7, 11) is 0. The van der Waals surface area contributed by atoms with E-state index < -0.39 is 0 Å². The van der Waals surface area contributed by atoms with E-state index >= 15 is 0 Å². The Kier molecular flexibility index (Phi) is 6.24. The van der Waals surface area contributed by atoms with E-state index in [9.17, 15) is 4.79 Å². The normalized spacial score (nSPS) is 14.1. The minimum atomic E-state index is -0.0999. The largest absolute Gasteiger partial charge is 0.378 e. The van der Waals surface area contributed by atoms with E-state index in [2.05, 4.69) is 59.4 Å². The molecule has 0 bridgehead atoms. The molecule has 3 rings (SSSR count). The van der Waals surface area contributed by atoms with E-state index in [1.54, 1.807) is 17.0 Å². The zero-order valence-electron chi connectivity index (χ0n) is 16.2. The number of ether oxygens (including phenoxy) is 1. The van der Waals surface area contributed by atoms with Gasteiger partial charge in [-0.3, -0.25) is 4.79 Å². The molecule has 0 saturated carbocycles. The van der Waals surface area contributed by atoms with E-state index in [1.807, 2.05) is 0 Å². The van der Waals surface area contributed by atoms with Gasteiger partial charge >= 0.3 is 0 Å². The van der Waals surface area contributed by atoms with Gasteiger partial charge in [0, 0.05) is 37.6 Å². The number of aryl methyl sites for hydroxylation is 1. The highest BCUT2D eigenvalue weighted by Gasteiger charge is 2.20. The van der Waals surface area contributed by atoms with Crippen LogP contribution in [-0.2, 0) is 4.74 Å². The summed E-state index contributed by atoms with van der Waals surface area (Å²) in [6, 6.07) is 9.83. The summed E-state index contributed by atoms with van der Waals surface area (Å²) in [6.07, 6.45) is 0. The molecule has 0 radical (unpaired) electrons. The Balaban J connectivity index is 1.68. The second-order valence-electron chi connectivity index (χ2n) is 6.50. The van der Waals surface area contributed by atoms with Crippen molar-refractivity contribution in [3.05, 3.63) is 41.6 Å². The van der Waals surface area contributed by atoms with E-state index in [0.717, 1.165) is 24.3 Å². The number of morpholine rings is 1. The lowest BCUT2D eigenvalue weighted by Gasteiger charge is -2.26. The second-order valence-corrected chi connectivity index (χ2v) is 6.50. The number of hydrogen-bond acceptors (Lipinski definition) is 6. The van der Waals surface area contributed by atoms with Crippen molar-refractivity contribution in [3.8, 4) is 0 Å². The topological polar surface area (TPSA) is 70.6 Å². The van der Waals surface area contributed by atoms with Crippen LogP contribution >= 0.6 is 0 Å². The number of nitrogens with one attached hydrogen (secondary N) is 1. The van der Waals surface area contributed by atoms with Crippen molar-refractivity contribution in [2.45, 2.75) is 20.8 Å². The van der Waals surface area contributed by atoms with Crippen molar-refractivity contribution in [2.24, 2.45) is 0 Å². The molecule has 1 fully saturated rings. The van der Waals surface area contributed by atoms with Gasteiger partial charge in [-0.05, 0) is 56.7 Å². The zero-order chi connectivity index (χ0) is 19.2. The molecule has 144 valence electrons. The van der Waals surface area contributed by atoms with Crippen molar-refractivity contribution >= 4 is 23.1 Å². The van der Waals surface area contributed by atoms with Crippen LogP contribution in [0.5, 0.6) is 0 Å². The molecular formula is C20H27N5O2. The lowest BCUT2D eigenvalue weighted by Crippen LogP contribution is -2.41. The molecule has 0 unspecified atom stereocenters. The zero-order valence-corrected chi connectivity index (χ0v) is 16.2. The molecule has 1 amide bonds. The molecule has 27 heavy (non-hydrogen) atoms. The van der Waals surface area contributed by atoms with Gasteiger partial charge in [-0.2, -0.15) is 0 Å². The van der Waals surface area contributed by atoms with Gasteiger partial charge in [-0.1, -0.05) is 0 Å². The number of carbonyl (C=O) groups excluding carboxylic acids is 1. The van der Waals surface area contributed by atoms with Gasteiger partial charge in [0.25, 0.3) is 5.91 Å². The molecule has 1 aliphatic heterocycles. The molecule has 0 spiro atoms. The fourth-order valence-electron chi connectivity index (χ4n) is 3.15. The summed E-state index contributed by atoms with van der Waals surface area (Å²) in [5, 5.41) is 11.6. The Labute approximate surface area is 160 Å². The number of rotatable bonds is 6. The summed E-state index contributed by atoms with van der Waals surface area (Å²) >= 11 is 0. The first-order valence-corrected chi connectivity index (χ1v) is 9.45. The number of benzene rings is 1. The van der Waals surface area contributed by atoms with Crippen LogP contribution in [-0.4, -0.2) is 60.4 Å². The van der Waals surface area contributed by atoms with E-state index in [0.29, 0.717) is 37.8 Å². The number of amides is 1. The fraction of sp³-hybridized carbons (Fsp3) is 0.450. The van der Waals surface area contributed by atoms with E-state index in [4.69, 9.17) is 4.74 Å². The van der Waals surface area contributed by atoms with Crippen molar-refractivity contribution in [3.63, 3.8) is 0 Å². The molecule has 1 aromatic carbocycles. The minimum Gasteiger partial charge on any atom is -0.378 e. The van der Waals surface area contributed by atoms with Crippen LogP contribution in [0.25, 0.3) is 0 Å². The fourth-order valence-corrected chi connectivity index (χ4v) is 3.15. The average Bonchev–Trinajstić information content (AvgIpc) is 2.71. The highest BCUT2D eigenvalue weighted by atomic mass is 16.5. The first-order valence-electron chi connectivity index (χ1n) is 9.45. The smallest absolute Gasteiger partial charge is 0.274 e. The van der Waals surface area contributed by atoms with Crippen LogP contribution in [0.3, 0.4) is 0 Å². The standard InChI is InChI=1S/C20H27N5O2/c1-4-24(5-2)16-6-7-17(15(3)14-16)21-19-9-8-18(22-23-19)20(26)25-10-12-27-13-11-25/h6-9,14H,4-5,10-13H2,1-3H3,(H,21,23). The van der Waals surface area contributed by atoms with Gasteiger partial charge < -0.3 is 19.9 Å². The summed E-state index contributed by atoms with van der Waals surface area (Å²) in [5.74, 6) is 0.518. The third-order valence-electron chi connectivity index (χ3n) is 4.78. The Morgan fingerprint density at radius 3 is 2.48 bits per heavy atom. The quantitative estimate of drug-likeness (QED) is 0.844. The summed E-state index contributed by atoms with van der Waals surface area (Å²) in [5.41, 5.74) is 3.68. The predicted molar refractivity (Wildman–Crippen MR) is 107 cm³/mol. The summed E-state index contributed by atoms with van der Waals surface area (Å²) in [4.78, 5) is 16.5. The van der Waals surface area contributed by atoms with Crippen molar-refractivity contribution in [1.29, 1.82) is 0 Å². The highest BCUT2D eigenvalue weighted by molar-refractivity contribution is 5.92. The molecular weight excluding hydrogens is 342 g/mol. The van der Waals surface area contributed by atoms with Gasteiger partial charge in [0.2, 0.25) is 0 Å². The van der Waals surface area contributed by atoms with Crippen LogP contribution in [0.4, 0.5) is 17.2 Å². The van der Waals surface area contributed by atoms with Crippen LogP contribution < -0.4 is 10.2 Å². The first-order chi connectivity index (χ1) is 13.1. The van der Waals surface area contributed by atoms with Crippen LogP contribution in [0.2, 0.25) is 0 Å². The van der Waals surface area contributed by atoms with E-state index in [-0.39, 0.29) is 5.91 Å². The molecule has 1 saturated heterocycles. The Hall–Kier alpha value is -2.67. The molecule has 1 N–H and O–H groups in total. The number of aromatic nitrogens is 2. The first kappa shape index (κ1) is 19.1. The Bertz CT molecular complexity index is 768. The molecule has 1 aromatic heterocycles. The van der Waals surface area contributed by atoms with Crippen molar-refractivity contribution < 1.29 is 9.53 Å². The van der Waals surface area contributed by atoms with Crippen LogP contribution in [0, 0.1) is 6.92 Å². The highest BCUT2D eigenvalue weighted by Crippen LogP contribution is 2.24. The molecule has 1 aliphatic rings. The van der Waals surface area contributed by atoms with Crippen LogP contribution in [0.15, 0.2) is 30.3 Å². The maximum atomic E-state index is 12.4. The lowest BCUT2D eigenvalue weighted by atomic mass is 10.1. The number of hydrogen-bond donors (Lipinski definition) is 1. The lowest BCUT2D eigenvalue weighted by molar-refractivity contribution is 0.0298. The summed E-state index contributed by atoms with van der Waals surface area (Å²) < 4.78 is 5.28. The number of nitrogens with zero attached hydrogens (tertiary/aromatic N) is 4. The van der Waals surface area contributed by atoms with Gasteiger partial charge in [0.05, 0.1) is 13.2 Å². The minimum absolute atomic E-state index is 0.0999. The molecule has 2 heterocycles. The third-order valence-corrected chi connectivity index (χ3v) is 4.78. The van der Waals surface area contributed by atoms with Crippen molar-refractivity contribution in [2.75, 3.05) is 49.6 Å². The van der Waals surface area contributed by atoms with Gasteiger partial charge in [0.15, 0.2) is 11.5 Å². The predicted octanol–water partition coefficient (Wildman–Crippen LogP) is 2.85. The van der Waals surface area contributed by atoms with E-state index in [1.165, 1.54) is 5.69 Å². The Morgan fingerprint density at radius 1 is 1.15 bits per heavy atom. The van der Waals surface area contributed by atoms with Crippen LogP contribution in [0.1, 0.15) is 29.9 Å². The molecule has 7 nitrogen and oxygen atoms in total. The molecule has 0 aliphatic carbocycles. The third kappa shape index (κ3) is 4.54. The number of anilines is 3. The van der Waals surface area contributed by atoms with Crippen molar-refractivity contribution in [1.82, 2.24) is 15.1 Å². The van der Waals surface area contributed by atoms with Gasteiger partial charge in [-0.25, -0.2) is 0 Å². The maximum absolute atomic E-state index is 12.4. The summed E-state index contributed by atoms with van der Waals surface area (Å²) in [6.45, 7) is 10.7. The Morgan fingerprint density at radius 2 is 1.89 bits per heavy atom. The average molecular weight is 369 g/mol. The monoisotopic (exact) mass is 369 g/mol. The van der Waals surface area contributed by atoms with Gasteiger partial charge in [0.1, 0.15) is 0 Å².